The lowest BCUT2D eigenvalue weighted by atomic mass is 10.3. The number of pyridine rings is 1. The van der Waals surface area contributed by atoms with E-state index in [0.29, 0.717) is 0 Å². The van der Waals surface area contributed by atoms with Crippen LogP contribution in [0, 0.1) is 17.1 Å². The summed E-state index contributed by atoms with van der Waals surface area (Å²) in [5, 5.41) is 8.48. The average Bonchev–Trinajstić information content (AvgIpc) is 2.92. The molecule has 1 aliphatic carbocycles. The molecule has 0 radical (unpaired) electrons. The van der Waals surface area contributed by atoms with Crippen LogP contribution in [0.15, 0.2) is 12.3 Å². The smallest absolute Gasteiger partial charge is 0.201 e. The molecule has 3 nitrogen and oxygen atoms in total. The lowest BCUT2D eigenvalue weighted by Crippen LogP contribution is -2.00. The molecule has 66 valence electrons. The normalized spacial score (nSPS) is 15.1. The summed E-state index contributed by atoms with van der Waals surface area (Å²) >= 11 is 0. The first kappa shape index (κ1) is 7.99. The molecule has 0 aromatic carbocycles. The second-order valence-corrected chi connectivity index (χ2v) is 2.90. The lowest BCUT2D eigenvalue weighted by molar-refractivity contribution is 0.286. The molecule has 4 heteroatoms. The summed E-state index contributed by atoms with van der Waals surface area (Å²) < 4.78 is 18.5. The minimum absolute atomic E-state index is 0.128. The predicted molar refractivity (Wildman–Crippen MR) is 42.6 cm³/mol. The molecule has 13 heavy (non-hydrogen) atoms. The fourth-order valence-electron chi connectivity index (χ4n) is 0.960. The molecule has 0 spiro atoms. The van der Waals surface area contributed by atoms with Crippen molar-refractivity contribution in [2.75, 3.05) is 0 Å². The van der Waals surface area contributed by atoms with E-state index in [-0.39, 0.29) is 17.5 Å². The maximum absolute atomic E-state index is 13.3. The molecule has 0 saturated heterocycles. The Morgan fingerprint density at radius 3 is 3.00 bits per heavy atom. The summed E-state index contributed by atoms with van der Waals surface area (Å²) in [6.07, 6.45) is 3.43. The summed E-state index contributed by atoms with van der Waals surface area (Å²) in [5.41, 5.74) is -0.210. The Morgan fingerprint density at radius 2 is 2.38 bits per heavy atom. The van der Waals surface area contributed by atoms with Crippen LogP contribution >= 0.6 is 0 Å². The van der Waals surface area contributed by atoms with E-state index in [9.17, 15) is 4.39 Å². The van der Waals surface area contributed by atoms with Gasteiger partial charge in [-0.15, -0.1) is 0 Å². The molecule has 2 rings (SSSR count). The van der Waals surface area contributed by atoms with Crippen molar-refractivity contribution in [3.05, 3.63) is 23.8 Å². The van der Waals surface area contributed by atoms with Crippen LogP contribution in [0.3, 0.4) is 0 Å². The van der Waals surface area contributed by atoms with Crippen LogP contribution in [0.5, 0.6) is 5.75 Å². The van der Waals surface area contributed by atoms with Crippen molar-refractivity contribution in [1.82, 2.24) is 4.98 Å². The van der Waals surface area contributed by atoms with Gasteiger partial charge < -0.3 is 4.74 Å². The fraction of sp³-hybridized carbons (Fsp3) is 0.333. The highest BCUT2D eigenvalue weighted by Gasteiger charge is 2.25. The summed E-state index contributed by atoms with van der Waals surface area (Å²) in [6.45, 7) is 0. The van der Waals surface area contributed by atoms with Crippen LogP contribution in [0.4, 0.5) is 4.39 Å². The van der Waals surface area contributed by atoms with Crippen LogP contribution in [0.1, 0.15) is 18.5 Å². The van der Waals surface area contributed by atoms with E-state index in [4.69, 9.17) is 10.00 Å². The molecule has 0 atom stereocenters. The number of nitrogens with zero attached hydrogens (tertiary/aromatic N) is 2. The summed E-state index contributed by atoms with van der Waals surface area (Å²) in [5.74, 6) is -0.522. The first-order chi connectivity index (χ1) is 6.31. The zero-order valence-electron chi connectivity index (χ0n) is 6.83. The summed E-state index contributed by atoms with van der Waals surface area (Å²) in [4.78, 5) is 3.57. The predicted octanol–water partition coefficient (Wildman–Crippen LogP) is 1.63. The van der Waals surface area contributed by atoms with Gasteiger partial charge in [0.25, 0.3) is 0 Å². The molecule has 1 heterocycles. The number of rotatable bonds is 2. The second kappa shape index (κ2) is 3.02. The van der Waals surface area contributed by atoms with Crippen molar-refractivity contribution in [3.63, 3.8) is 0 Å². The third-order valence-electron chi connectivity index (χ3n) is 1.78. The third-order valence-corrected chi connectivity index (χ3v) is 1.78. The molecule has 0 unspecified atom stereocenters. The number of hydrogen-bond acceptors (Lipinski definition) is 3. The largest absolute Gasteiger partial charge is 0.487 e. The van der Waals surface area contributed by atoms with E-state index in [1.54, 1.807) is 6.07 Å². The first-order valence-corrected chi connectivity index (χ1v) is 4.02. The molecular formula is C9H7FN2O. The van der Waals surface area contributed by atoms with E-state index >= 15 is 0 Å². The number of hydrogen-bond donors (Lipinski definition) is 0. The van der Waals surface area contributed by atoms with E-state index < -0.39 is 5.82 Å². The molecule has 1 aromatic rings. The Morgan fingerprint density at radius 1 is 1.62 bits per heavy atom. The van der Waals surface area contributed by atoms with Gasteiger partial charge in [-0.1, -0.05) is 0 Å². The van der Waals surface area contributed by atoms with Gasteiger partial charge in [0, 0.05) is 12.3 Å². The SMILES string of the molecule is N#Cc1nccc(OC2CC2)c1F. The van der Waals surface area contributed by atoms with E-state index in [2.05, 4.69) is 4.98 Å². The third kappa shape index (κ3) is 1.59. The van der Waals surface area contributed by atoms with Gasteiger partial charge in [0.15, 0.2) is 11.4 Å². The first-order valence-electron chi connectivity index (χ1n) is 4.02. The molecule has 1 fully saturated rings. The van der Waals surface area contributed by atoms with Gasteiger partial charge in [0.1, 0.15) is 6.07 Å². The number of nitriles is 1. The van der Waals surface area contributed by atoms with E-state index in [0.717, 1.165) is 12.8 Å². The minimum Gasteiger partial charge on any atom is -0.487 e. The van der Waals surface area contributed by atoms with Gasteiger partial charge in [0.2, 0.25) is 5.82 Å². The van der Waals surface area contributed by atoms with Crippen molar-refractivity contribution in [1.29, 1.82) is 5.26 Å². The summed E-state index contributed by atoms with van der Waals surface area (Å²) in [7, 11) is 0. The van der Waals surface area contributed by atoms with Crippen LogP contribution < -0.4 is 4.74 Å². The lowest BCUT2D eigenvalue weighted by Gasteiger charge is -2.04. The number of halogens is 1. The van der Waals surface area contributed by atoms with Crippen LogP contribution in [0.25, 0.3) is 0 Å². The van der Waals surface area contributed by atoms with Gasteiger partial charge in [-0.2, -0.15) is 9.65 Å². The Kier molecular flexibility index (Phi) is 1.85. The molecular weight excluding hydrogens is 171 g/mol. The minimum atomic E-state index is -0.656. The maximum Gasteiger partial charge on any atom is 0.201 e. The van der Waals surface area contributed by atoms with E-state index in [1.807, 2.05) is 0 Å². The maximum atomic E-state index is 13.3. The average molecular weight is 178 g/mol. The Bertz CT molecular complexity index is 368. The van der Waals surface area contributed by atoms with Gasteiger partial charge in [-0.05, 0) is 12.8 Å². The second-order valence-electron chi connectivity index (χ2n) is 2.90. The molecule has 1 aliphatic rings. The van der Waals surface area contributed by atoms with Crippen molar-refractivity contribution >= 4 is 0 Å². The Balaban J connectivity index is 2.28. The zero-order chi connectivity index (χ0) is 9.26. The van der Waals surface area contributed by atoms with Gasteiger partial charge in [-0.3, -0.25) is 0 Å². The number of ether oxygens (including phenoxy) is 1. The van der Waals surface area contributed by atoms with Gasteiger partial charge >= 0.3 is 0 Å². The van der Waals surface area contributed by atoms with Gasteiger partial charge in [-0.25, -0.2) is 4.98 Å². The molecule has 1 saturated carbocycles. The fourth-order valence-corrected chi connectivity index (χ4v) is 0.960. The molecule has 0 N–H and O–H groups in total. The Hall–Kier alpha value is -1.63. The highest BCUT2D eigenvalue weighted by molar-refractivity contribution is 5.32. The van der Waals surface area contributed by atoms with Gasteiger partial charge in [0.05, 0.1) is 6.10 Å². The number of aromatic nitrogens is 1. The van der Waals surface area contributed by atoms with Crippen LogP contribution in [-0.4, -0.2) is 11.1 Å². The monoisotopic (exact) mass is 178 g/mol. The molecule has 1 aromatic heterocycles. The molecule has 0 amide bonds. The quantitative estimate of drug-likeness (QED) is 0.691. The highest BCUT2D eigenvalue weighted by atomic mass is 19.1. The van der Waals surface area contributed by atoms with Crippen molar-refractivity contribution in [2.45, 2.75) is 18.9 Å². The molecule has 0 bridgehead atoms. The Labute approximate surface area is 74.8 Å². The zero-order valence-corrected chi connectivity index (χ0v) is 6.83. The van der Waals surface area contributed by atoms with E-state index in [1.165, 1.54) is 12.3 Å². The topological polar surface area (TPSA) is 45.9 Å². The standard InChI is InChI=1S/C9H7FN2O/c10-9-7(5-11)12-4-3-8(9)13-6-1-2-6/h3-4,6H,1-2H2. The van der Waals surface area contributed by atoms with Crippen LogP contribution in [-0.2, 0) is 0 Å². The van der Waals surface area contributed by atoms with Crippen LogP contribution in [0.2, 0.25) is 0 Å². The van der Waals surface area contributed by atoms with Crippen molar-refractivity contribution < 1.29 is 9.13 Å². The summed E-state index contributed by atoms with van der Waals surface area (Å²) in [6, 6.07) is 3.10. The molecule has 0 aliphatic heterocycles. The van der Waals surface area contributed by atoms with Crippen molar-refractivity contribution in [2.24, 2.45) is 0 Å². The highest BCUT2D eigenvalue weighted by Crippen LogP contribution is 2.28. The van der Waals surface area contributed by atoms with Crippen molar-refractivity contribution in [3.8, 4) is 11.8 Å².